The van der Waals surface area contributed by atoms with E-state index in [0.29, 0.717) is 0 Å². The van der Waals surface area contributed by atoms with E-state index in [1.165, 1.54) is 0 Å². The highest BCUT2D eigenvalue weighted by atomic mass is 31.1. The summed E-state index contributed by atoms with van der Waals surface area (Å²) >= 11 is 0. The Balaban J connectivity index is 1.82. The minimum atomic E-state index is -0.220. The van der Waals surface area contributed by atoms with E-state index in [0.717, 1.165) is 24.6 Å². The fraction of sp³-hybridized carbons (Fsp3) is 0.667. The van der Waals surface area contributed by atoms with Crippen LogP contribution in [0.5, 0.6) is 0 Å². The minimum Gasteiger partial charge on any atom is -0.378 e. The molecule has 1 aromatic rings. The molecule has 6 heteroatoms. The standard InChI is InChI=1S/C18H28O4P2/c1-19-13-9-23(10-14(13)20-2)17-7-5-6-8-18(17)24-11-15(21-3)16(12-24)22-4/h5-8,13-16H,9-12H2,1-4H3/t13-,14-,15-,16-/m1/s1. The third kappa shape index (κ3) is 3.70. The Hall–Kier alpha value is -0.0800. The Bertz CT molecular complexity index is 471. The van der Waals surface area contributed by atoms with Crippen LogP contribution in [0, 0.1) is 0 Å². The predicted molar refractivity (Wildman–Crippen MR) is 102 cm³/mol. The summed E-state index contributed by atoms with van der Waals surface area (Å²) in [5.74, 6) is 0. The molecule has 0 N–H and O–H groups in total. The molecule has 0 unspecified atom stereocenters. The van der Waals surface area contributed by atoms with Gasteiger partial charge in [0.1, 0.15) is 0 Å². The maximum atomic E-state index is 5.66. The average Bonchev–Trinajstić information content (AvgIpc) is 3.24. The summed E-state index contributed by atoms with van der Waals surface area (Å²) in [6.45, 7) is 0. The molecule has 0 amide bonds. The Morgan fingerprint density at radius 3 is 1.17 bits per heavy atom. The van der Waals surface area contributed by atoms with Gasteiger partial charge in [0, 0.05) is 53.1 Å². The predicted octanol–water partition coefficient (Wildman–Crippen LogP) is 1.99. The summed E-state index contributed by atoms with van der Waals surface area (Å²) < 4.78 is 22.6. The van der Waals surface area contributed by atoms with Gasteiger partial charge in [-0.2, -0.15) is 0 Å². The maximum Gasteiger partial charge on any atom is 0.0878 e. The molecule has 2 heterocycles. The number of benzene rings is 1. The summed E-state index contributed by atoms with van der Waals surface area (Å²) in [5, 5.41) is 3.10. The normalized spacial score (nSPS) is 31.8. The maximum absolute atomic E-state index is 5.66. The van der Waals surface area contributed by atoms with E-state index in [9.17, 15) is 0 Å². The quantitative estimate of drug-likeness (QED) is 0.718. The fourth-order valence-electron chi connectivity index (χ4n) is 3.79. The van der Waals surface area contributed by atoms with Gasteiger partial charge in [-0.1, -0.05) is 40.1 Å². The van der Waals surface area contributed by atoms with Crippen LogP contribution in [-0.4, -0.2) is 77.5 Å². The molecule has 0 aromatic heterocycles. The Morgan fingerprint density at radius 1 is 0.625 bits per heavy atom. The zero-order chi connectivity index (χ0) is 17.1. The minimum absolute atomic E-state index is 0.220. The molecule has 0 saturated carbocycles. The molecule has 3 rings (SSSR count). The van der Waals surface area contributed by atoms with Crippen molar-refractivity contribution in [2.45, 2.75) is 24.4 Å². The van der Waals surface area contributed by atoms with Crippen molar-refractivity contribution in [2.75, 3.05) is 53.1 Å². The first-order valence-electron chi connectivity index (χ1n) is 8.41. The molecule has 24 heavy (non-hydrogen) atoms. The second-order valence-corrected chi connectivity index (χ2v) is 11.0. The van der Waals surface area contributed by atoms with E-state index >= 15 is 0 Å². The third-order valence-electron chi connectivity index (χ3n) is 5.20. The Labute approximate surface area is 147 Å². The molecular formula is C18H28O4P2. The van der Waals surface area contributed by atoms with E-state index < -0.39 is 0 Å². The summed E-state index contributed by atoms with van der Waals surface area (Å²) in [7, 11) is 6.76. The smallest absolute Gasteiger partial charge is 0.0878 e. The van der Waals surface area contributed by atoms with Crippen LogP contribution in [0.25, 0.3) is 0 Å². The van der Waals surface area contributed by atoms with Crippen LogP contribution in [-0.2, 0) is 18.9 Å². The molecular weight excluding hydrogens is 342 g/mol. The van der Waals surface area contributed by atoms with Crippen molar-refractivity contribution < 1.29 is 18.9 Å². The molecule has 0 aliphatic carbocycles. The van der Waals surface area contributed by atoms with Gasteiger partial charge in [0.2, 0.25) is 0 Å². The van der Waals surface area contributed by atoms with Gasteiger partial charge >= 0.3 is 0 Å². The second kappa shape index (κ2) is 8.54. The molecule has 2 saturated heterocycles. The molecule has 0 radical (unpaired) electrons. The second-order valence-electron chi connectivity index (χ2n) is 6.40. The Morgan fingerprint density at radius 2 is 0.917 bits per heavy atom. The van der Waals surface area contributed by atoms with Gasteiger partial charge in [0.25, 0.3) is 0 Å². The van der Waals surface area contributed by atoms with Gasteiger partial charge in [0.15, 0.2) is 0 Å². The van der Waals surface area contributed by atoms with Crippen molar-refractivity contribution in [3.05, 3.63) is 24.3 Å². The van der Waals surface area contributed by atoms with Crippen LogP contribution in [0.15, 0.2) is 24.3 Å². The van der Waals surface area contributed by atoms with Crippen molar-refractivity contribution in [3.63, 3.8) is 0 Å². The van der Waals surface area contributed by atoms with Crippen LogP contribution >= 0.6 is 15.8 Å². The molecule has 0 bridgehead atoms. The lowest BCUT2D eigenvalue weighted by Crippen LogP contribution is -2.27. The van der Waals surface area contributed by atoms with Crippen molar-refractivity contribution >= 4 is 26.5 Å². The lowest BCUT2D eigenvalue weighted by Gasteiger charge is -2.20. The fourth-order valence-corrected chi connectivity index (χ4v) is 10.4. The Kier molecular flexibility index (Phi) is 6.65. The molecule has 4 atom stereocenters. The monoisotopic (exact) mass is 370 g/mol. The first-order valence-corrected chi connectivity index (χ1v) is 11.8. The molecule has 2 aliphatic rings. The van der Waals surface area contributed by atoms with Gasteiger partial charge in [-0.3, -0.25) is 0 Å². The molecule has 0 spiro atoms. The first-order chi connectivity index (χ1) is 11.7. The van der Waals surface area contributed by atoms with E-state index in [1.54, 1.807) is 39.0 Å². The van der Waals surface area contributed by atoms with E-state index in [1.807, 2.05) is 0 Å². The van der Waals surface area contributed by atoms with Gasteiger partial charge in [-0.15, -0.1) is 0 Å². The van der Waals surface area contributed by atoms with E-state index in [4.69, 9.17) is 18.9 Å². The molecule has 134 valence electrons. The zero-order valence-electron chi connectivity index (χ0n) is 15.0. The van der Waals surface area contributed by atoms with Gasteiger partial charge in [0.05, 0.1) is 24.4 Å². The molecule has 4 nitrogen and oxygen atoms in total. The van der Waals surface area contributed by atoms with Crippen LogP contribution in [0.3, 0.4) is 0 Å². The first kappa shape index (κ1) is 18.7. The van der Waals surface area contributed by atoms with Gasteiger partial charge in [-0.25, -0.2) is 0 Å². The topological polar surface area (TPSA) is 36.9 Å². The van der Waals surface area contributed by atoms with Crippen molar-refractivity contribution in [2.24, 2.45) is 0 Å². The lowest BCUT2D eigenvalue weighted by molar-refractivity contribution is -0.00461. The highest BCUT2D eigenvalue weighted by Crippen LogP contribution is 2.49. The third-order valence-corrected chi connectivity index (χ3v) is 10.7. The van der Waals surface area contributed by atoms with Crippen molar-refractivity contribution in [3.8, 4) is 0 Å². The highest BCUT2D eigenvalue weighted by molar-refractivity contribution is 7.72. The summed E-state index contributed by atoms with van der Waals surface area (Å²) in [4.78, 5) is 0. The molecule has 1 aromatic carbocycles. The zero-order valence-corrected chi connectivity index (χ0v) is 16.8. The van der Waals surface area contributed by atoms with Crippen LogP contribution in [0.4, 0.5) is 0 Å². The number of hydrogen-bond acceptors (Lipinski definition) is 4. The average molecular weight is 370 g/mol. The number of ether oxygens (including phenoxy) is 4. The van der Waals surface area contributed by atoms with E-state index in [2.05, 4.69) is 24.3 Å². The van der Waals surface area contributed by atoms with Gasteiger partial charge < -0.3 is 18.9 Å². The largest absolute Gasteiger partial charge is 0.378 e. The highest BCUT2D eigenvalue weighted by Gasteiger charge is 2.39. The summed E-state index contributed by atoms with van der Waals surface area (Å²) in [5.41, 5.74) is 0. The van der Waals surface area contributed by atoms with Gasteiger partial charge in [-0.05, 0) is 10.6 Å². The number of rotatable bonds is 6. The lowest BCUT2D eigenvalue weighted by atomic mass is 10.3. The van der Waals surface area contributed by atoms with Crippen LogP contribution in [0.1, 0.15) is 0 Å². The number of methoxy groups -OCH3 is 4. The number of hydrogen-bond donors (Lipinski definition) is 0. The molecule has 2 aliphatic heterocycles. The SMILES string of the molecule is CO[C@@H]1CP(c2ccccc2P2C[C@@H](OC)[C@H](OC)C2)C[C@H]1OC. The van der Waals surface area contributed by atoms with Crippen molar-refractivity contribution in [1.29, 1.82) is 0 Å². The summed E-state index contributed by atoms with van der Waals surface area (Å²) in [6, 6.07) is 9.01. The molecule has 2 fully saturated rings. The van der Waals surface area contributed by atoms with E-state index in [-0.39, 0.29) is 40.3 Å². The van der Waals surface area contributed by atoms with Crippen LogP contribution < -0.4 is 10.6 Å². The van der Waals surface area contributed by atoms with Crippen molar-refractivity contribution in [1.82, 2.24) is 0 Å². The van der Waals surface area contributed by atoms with Crippen LogP contribution in [0.2, 0.25) is 0 Å². The summed E-state index contributed by atoms with van der Waals surface area (Å²) in [6.07, 6.45) is 5.32.